The van der Waals surface area contributed by atoms with Crippen molar-refractivity contribution in [2.75, 3.05) is 6.54 Å². The summed E-state index contributed by atoms with van der Waals surface area (Å²) in [5.41, 5.74) is 2.03. The largest absolute Gasteiger partial charge is 0.354 e. The molecule has 2 aromatic heterocycles. The van der Waals surface area contributed by atoms with Crippen molar-refractivity contribution in [3.63, 3.8) is 0 Å². The minimum absolute atomic E-state index is 0.0216. The first-order valence-corrected chi connectivity index (χ1v) is 7.99. The van der Waals surface area contributed by atoms with E-state index in [1.54, 1.807) is 17.4 Å². The summed E-state index contributed by atoms with van der Waals surface area (Å²) in [5.74, 6) is -0.0216. The second-order valence-electron chi connectivity index (χ2n) is 5.14. The summed E-state index contributed by atoms with van der Waals surface area (Å²) in [5, 5.41) is 9.17. The number of nitrogens with zero attached hydrogens (tertiary/aromatic N) is 2. The van der Waals surface area contributed by atoms with Crippen molar-refractivity contribution in [1.82, 2.24) is 15.1 Å². The Balaban J connectivity index is 1.54. The zero-order valence-corrected chi connectivity index (χ0v) is 12.5. The van der Waals surface area contributed by atoms with Crippen molar-refractivity contribution < 1.29 is 4.79 Å². The highest BCUT2D eigenvalue weighted by molar-refractivity contribution is 7.10. The minimum atomic E-state index is -0.0804. The van der Waals surface area contributed by atoms with Gasteiger partial charge in [0, 0.05) is 17.5 Å². The van der Waals surface area contributed by atoms with E-state index in [4.69, 9.17) is 0 Å². The molecule has 1 aliphatic rings. The molecule has 21 heavy (non-hydrogen) atoms. The lowest BCUT2D eigenvalue weighted by Gasteiger charge is -2.08. The first-order valence-electron chi connectivity index (χ1n) is 7.11. The second kappa shape index (κ2) is 6.22. The normalized spacial score (nSPS) is 13.1. The van der Waals surface area contributed by atoms with Crippen LogP contribution in [0.2, 0.25) is 0 Å². The van der Waals surface area contributed by atoms with Crippen LogP contribution in [0.1, 0.15) is 22.6 Å². The van der Waals surface area contributed by atoms with E-state index < -0.39 is 0 Å². The maximum atomic E-state index is 11.9. The number of hydrogen-bond acceptors (Lipinski definition) is 4. The van der Waals surface area contributed by atoms with Gasteiger partial charge in [0.15, 0.2) is 0 Å². The number of fused-ring (bicyclic) bond motifs is 1. The fraction of sp³-hybridized carbons (Fsp3) is 0.400. The van der Waals surface area contributed by atoms with Gasteiger partial charge in [-0.2, -0.15) is 5.10 Å². The predicted octanol–water partition coefficient (Wildman–Crippen LogP) is 1.15. The topological polar surface area (TPSA) is 64.0 Å². The number of carbonyl (C=O) groups is 1. The molecule has 6 heteroatoms. The molecule has 1 amide bonds. The Labute approximate surface area is 126 Å². The maximum Gasteiger partial charge on any atom is 0.267 e. The summed E-state index contributed by atoms with van der Waals surface area (Å²) in [6, 6.07) is 5.56. The summed E-state index contributed by atoms with van der Waals surface area (Å²) >= 11 is 1.57. The SMILES string of the molecule is O=C(Cc1cccs1)NCCn1nc2c(cc1=O)CCC2. The fourth-order valence-electron chi connectivity index (χ4n) is 2.53. The third-order valence-corrected chi connectivity index (χ3v) is 4.46. The first kappa shape index (κ1) is 14.0. The molecule has 2 aromatic rings. The van der Waals surface area contributed by atoms with Crippen LogP contribution in [-0.4, -0.2) is 22.2 Å². The van der Waals surface area contributed by atoms with E-state index in [-0.39, 0.29) is 11.5 Å². The fourth-order valence-corrected chi connectivity index (χ4v) is 3.24. The van der Waals surface area contributed by atoms with Gasteiger partial charge in [-0.15, -0.1) is 11.3 Å². The summed E-state index contributed by atoms with van der Waals surface area (Å²) in [6.07, 6.45) is 3.36. The van der Waals surface area contributed by atoms with Crippen LogP contribution in [0, 0.1) is 0 Å². The Morgan fingerprint density at radius 2 is 2.33 bits per heavy atom. The number of aryl methyl sites for hydroxylation is 2. The zero-order chi connectivity index (χ0) is 14.7. The summed E-state index contributed by atoms with van der Waals surface area (Å²) in [6.45, 7) is 0.845. The van der Waals surface area contributed by atoms with Crippen LogP contribution in [0.4, 0.5) is 0 Å². The standard InChI is InChI=1S/C15H17N3O2S/c19-14(10-12-4-2-8-21-12)16-6-7-18-15(20)9-11-3-1-5-13(11)17-18/h2,4,8-9H,1,3,5-7,10H2,(H,16,19). The third-order valence-electron chi connectivity index (χ3n) is 3.58. The minimum Gasteiger partial charge on any atom is -0.354 e. The molecule has 0 fully saturated rings. The van der Waals surface area contributed by atoms with Crippen molar-refractivity contribution in [3.05, 3.63) is 50.1 Å². The second-order valence-corrected chi connectivity index (χ2v) is 6.17. The van der Waals surface area contributed by atoms with E-state index in [0.717, 1.165) is 35.4 Å². The molecule has 1 aliphatic carbocycles. The molecular weight excluding hydrogens is 286 g/mol. The molecule has 0 spiro atoms. The molecule has 0 atom stereocenters. The molecule has 0 saturated carbocycles. The lowest BCUT2D eigenvalue weighted by Crippen LogP contribution is -2.33. The van der Waals surface area contributed by atoms with Gasteiger partial charge in [-0.3, -0.25) is 9.59 Å². The number of amides is 1. The summed E-state index contributed by atoms with van der Waals surface area (Å²) < 4.78 is 1.45. The highest BCUT2D eigenvalue weighted by Gasteiger charge is 2.14. The number of nitrogens with one attached hydrogen (secondary N) is 1. The predicted molar refractivity (Wildman–Crippen MR) is 81.6 cm³/mol. The molecule has 2 heterocycles. The van der Waals surface area contributed by atoms with Gasteiger partial charge in [0.1, 0.15) is 0 Å². The molecule has 0 aliphatic heterocycles. The van der Waals surface area contributed by atoms with E-state index in [0.29, 0.717) is 19.5 Å². The molecule has 0 bridgehead atoms. The van der Waals surface area contributed by atoms with Crippen molar-refractivity contribution >= 4 is 17.2 Å². The van der Waals surface area contributed by atoms with Gasteiger partial charge >= 0.3 is 0 Å². The van der Waals surface area contributed by atoms with Crippen LogP contribution in [0.5, 0.6) is 0 Å². The van der Waals surface area contributed by atoms with E-state index in [9.17, 15) is 9.59 Å². The van der Waals surface area contributed by atoms with Crippen molar-refractivity contribution in [2.24, 2.45) is 0 Å². The van der Waals surface area contributed by atoms with E-state index in [1.165, 1.54) is 4.68 Å². The molecule has 0 saturated heterocycles. The van der Waals surface area contributed by atoms with Crippen molar-refractivity contribution in [3.8, 4) is 0 Å². The molecule has 5 nitrogen and oxygen atoms in total. The number of carbonyl (C=O) groups excluding carboxylic acids is 1. The highest BCUT2D eigenvalue weighted by Crippen LogP contribution is 2.16. The van der Waals surface area contributed by atoms with E-state index in [1.807, 2.05) is 17.5 Å². The Morgan fingerprint density at radius 1 is 1.43 bits per heavy atom. The smallest absolute Gasteiger partial charge is 0.267 e. The molecular formula is C15H17N3O2S. The van der Waals surface area contributed by atoms with E-state index >= 15 is 0 Å². The number of hydrogen-bond donors (Lipinski definition) is 1. The van der Waals surface area contributed by atoms with Gasteiger partial charge in [0.2, 0.25) is 5.91 Å². The maximum absolute atomic E-state index is 11.9. The lowest BCUT2D eigenvalue weighted by atomic mass is 10.2. The molecule has 0 unspecified atom stereocenters. The van der Waals surface area contributed by atoms with Crippen molar-refractivity contribution in [2.45, 2.75) is 32.2 Å². The number of rotatable bonds is 5. The van der Waals surface area contributed by atoms with Crippen LogP contribution in [-0.2, 0) is 30.6 Å². The van der Waals surface area contributed by atoms with Crippen LogP contribution in [0.15, 0.2) is 28.4 Å². The van der Waals surface area contributed by atoms with Gasteiger partial charge in [0.25, 0.3) is 5.56 Å². The third kappa shape index (κ3) is 3.39. The number of thiophene rings is 1. The average molecular weight is 303 g/mol. The lowest BCUT2D eigenvalue weighted by molar-refractivity contribution is -0.120. The molecule has 0 aromatic carbocycles. The first-order chi connectivity index (χ1) is 10.2. The van der Waals surface area contributed by atoms with Gasteiger partial charge in [-0.25, -0.2) is 4.68 Å². The van der Waals surface area contributed by atoms with Gasteiger partial charge < -0.3 is 5.32 Å². The Kier molecular flexibility index (Phi) is 4.15. The van der Waals surface area contributed by atoms with Crippen molar-refractivity contribution in [1.29, 1.82) is 0 Å². The summed E-state index contributed by atoms with van der Waals surface area (Å²) in [7, 11) is 0. The zero-order valence-electron chi connectivity index (χ0n) is 11.7. The monoisotopic (exact) mass is 303 g/mol. The Bertz CT molecular complexity index is 691. The van der Waals surface area contributed by atoms with Crippen LogP contribution >= 0.6 is 11.3 Å². The van der Waals surface area contributed by atoms with Crippen LogP contribution < -0.4 is 10.9 Å². The van der Waals surface area contributed by atoms with Crippen LogP contribution in [0.25, 0.3) is 0 Å². The van der Waals surface area contributed by atoms with Crippen LogP contribution in [0.3, 0.4) is 0 Å². The van der Waals surface area contributed by atoms with Gasteiger partial charge in [-0.05, 0) is 36.3 Å². The van der Waals surface area contributed by atoms with E-state index in [2.05, 4.69) is 10.4 Å². The Hall–Kier alpha value is -1.95. The average Bonchev–Trinajstić information content (AvgIpc) is 3.10. The molecule has 3 rings (SSSR count). The quantitative estimate of drug-likeness (QED) is 0.901. The molecule has 110 valence electrons. The van der Waals surface area contributed by atoms with Gasteiger partial charge in [0.05, 0.1) is 18.7 Å². The highest BCUT2D eigenvalue weighted by atomic mass is 32.1. The van der Waals surface area contributed by atoms with Gasteiger partial charge in [-0.1, -0.05) is 6.07 Å². The molecule has 1 N–H and O–H groups in total. The Morgan fingerprint density at radius 3 is 3.14 bits per heavy atom. The molecule has 0 radical (unpaired) electrons. The summed E-state index contributed by atoms with van der Waals surface area (Å²) in [4.78, 5) is 24.7. The number of aromatic nitrogens is 2.